The SMILES string of the molecule is CC(CS(C)(=O)=O)NCCCO. The maximum atomic E-state index is 10.8. The summed E-state index contributed by atoms with van der Waals surface area (Å²) < 4.78 is 21.6. The van der Waals surface area contributed by atoms with E-state index >= 15 is 0 Å². The van der Waals surface area contributed by atoms with Crippen molar-refractivity contribution in [3.8, 4) is 0 Å². The molecule has 0 rings (SSSR count). The summed E-state index contributed by atoms with van der Waals surface area (Å²) in [4.78, 5) is 0. The lowest BCUT2D eigenvalue weighted by molar-refractivity contribution is 0.284. The van der Waals surface area contributed by atoms with Gasteiger partial charge in [0.1, 0.15) is 9.84 Å². The van der Waals surface area contributed by atoms with Crippen LogP contribution in [0.15, 0.2) is 0 Å². The second-order valence-electron chi connectivity index (χ2n) is 3.02. The van der Waals surface area contributed by atoms with E-state index in [2.05, 4.69) is 5.32 Å². The third-order valence-corrected chi connectivity index (χ3v) is 2.49. The number of sulfone groups is 1. The van der Waals surface area contributed by atoms with E-state index in [0.717, 1.165) is 0 Å². The zero-order valence-electron chi connectivity index (χ0n) is 7.58. The largest absolute Gasteiger partial charge is 0.396 e. The van der Waals surface area contributed by atoms with Crippen LogP contribution in [0.3, 0.4) is 0 Å². The quantitative estimate of drug-likeness (QED) is 0.555. The monoisotopic (exact) mass is 195 g/mol. The molecule has 0 amide bonds. The van der Waals surface area contributed by atoms with Crippen LogP contribution in [0.1, 0.15) is 13.3 Å². The first kappa shape index (κ1) is 11.9. The Balaban J connectivity index is 3.53. The van der Waals surface area contributed by atoms with Gasteiger partial charge in [-0.2, -0.15) is 0 Å². The summed E-state index contributed by atoms with van der Waals surface area (Å²) in [5.41, 5.74) is 0. The molecule has 1 unspecified atom stereocenters. The van der Waals surface area contributed by atoms with Gasteiger partial charge >= 0.3 is 0 Å². The van der Waals surface area contributed by atoms with E-state index in [0.29, 0.717) is 13.0 Å². The molecule has 2 N–H and O–H groups in total. The van der Waals surface area contributed by atoms with Crippen LogP contribution in [0.25, 0.3) is 0 Å². The van der Waals surface area contributed by atoms with Crippen molar-refractivity contribution in [1.29, 1.82) is 0 Å². The molecule has 0 saturated heterocycles. The van der Waals surface area contributed by atoms with Crippen molar-refractivity contribution in [2.45, 2.75) is 19.4 Å². The molecular weight excluding hydrogens is 178 g/mol. The average Bonchev–Trinajstić information content (AvgIpc) is 1.84. The molecule has 0 bridgehead atoms. The number of hydrogen-bond acceptors (Lipinski definition) is 4. The van der Waals surface area contributed by atoms with E-state index < -0.39 is 9.84 Å². The topological polar surface area (TPSA) is 66.4 Å². The first-order valence-corrected chi connectivity index (χ1v) is 6.03. The van der Waals surface area contributed by atoms with Crippen LogP contribution in [0, 0.1) is 0 Å². The summed E-state index contributed by atoms with van der Waals surface area (Å²) in [6.07, 6.45) is 1.88. The van der Waals surface area contributed by atoms with Gasteiger partial charge in [0.05, 0.1) is 5.75 Å². The van der Waals surface area contributed by atoms with E-state index in [1.807, 2.05) is 6.92 Å². The zero-order chi connectivity index (χ0) is 9.61. The molecule has 0 aliphatic rings. The van der Waals surface area contributed by atoms with Crippen molar-refractivity contribution >= 4 is 9.84 Å². The fourth-order valence-corrected chi connectivity index (χ4v) is 1.97. The van der Waals surface area contributed by atoms with E-state index in [1.54, 1.807) is 0 Å². The molecule has 0 spiro atoms. The van der Waals surface area contributed by atoms with E-state index in [9.17, 15) is 8.42 Å². The van der Waals surface area contributed by atoms with Gasteiger partial charge < -0.3 is 10.4 Å². The Bertz CT molecular complexity index is 201. The summed E-state index contributed by atoms with van der Waals surface area (Å²) in [7, 11) is -2.89. The summed E-state index contributed by atoms with van der Waals surface area (Å²) in [5.74, 6) is 0.151. The highest BCUT2D eigenvalue weighted by molar-refractivity contribution is 7.90. The van der Waals surface area contributed by atoms with Crippen LogP contribution < -0.4 is 5.32 Å². The highest BCUT2D eigenvalue weighted by Gasteiger charge is 2.08. The van der Waals surface area contributed by atoms with Crippen molar-refractivity contribution in [3.63, 3.8) is 0 Å². The fraction of sp³-hybridized carbons (Fsp3) is 1.00. The zero-order valence-corrected chi connectivity index (χ0v) is 8.39. The van der Waals surface area contributed by atoms with Crippen molar-refractivity contribution in [3.05, 3.63) is 0 Å². The molecular formula is C7H17NO3S. The van der Waals surface area contributed by atoms with Crippen molar-refractivity contribution in [1.82, 2.24) is 5.32 Å². The van der Waals surface area contributed by atoms with E-state index in [4.69, 9.17) is 5.11 Å². The molecule has 0 heterocycles. The maximum absolute atomic E-state index is 10.8. The number of aliphatic hydroxyl groups excluding tert-OH is 1. The highest BCUT2D eigenvalue weighted by atomic mass is 32.2. The lowest BCUT2D eigenvalue weighted by Gasteiger charge is -2.11. The van der Waals surface area contributed by atoms with Crippen LogP contribution in [0.4, 0.5) is 0 Å². The second kappa shape index (κ2) is 5.50. The average molecular weight is 195 g/mol. The van der Waals surface area contributed by atoms with Crippen molar-refractivity contribution < 1.29 is 13.5 Å². The van der Waals surface area contributed by atoms with Crippen LogP contribution in [-0.2, 0) is 9.84 Å². The lowest BCUT2D eigenvalue weighted by atomic mass is 10.3. The predicted molar refractivity (Wildman–Crippen MR) is 48.9 cm³/mol. The third-order valence-electron chi connectivity index (χ3n) is 1.38. The van der Waals surface area contributed by atoms with Crippen molar-refractivity contribution in [2.24, 2.45) is 0 Å². The van der Waals surface area contributed by atoms with Crippen LogP contribution >= 0.6 is 0 Å². The first-order valence-electron chi connectivity index (χ1n) is 3.97. The van der Waals surface area contributed by atoms with Crippen molar-refractivity contribution in [2.75, 3.05) is 25.2 Å². The Hall–Kier alpha value is -0.130. The Morgan fingerprint density at radius 1 is 1.50 bits per heavy atom. The molecule has 0 aromatic rings. The molecule has 1 atom stereocenters. The summed E-state index contributed by atoms with van der Waals surface area (Å²) in [6, 6.07) is -0.0356. The molecule has 0 saturated carbocycles. The van der Waals surface area contributed by atoms with Gasteiger partial charge in [-0.15, -0.1) is 0 Å². The third kappa shape index (κ3) is 7.97. The Kier molecular flexibility index (Phi) is 5.44. The molecule has 0 aromatic carbocycles. The van der Waals surface area contributed by atoms with Gasteiger partial charge in [0.15, 0.2) is 0 Å². The second-order valence-corrected chi connectivity index (χ2v) is 5.21. The molecule has 0 fully saturated rings. The Morgan fingerprint density at radius 3 is 2.50 bits per heavy atom. The molecule has 0 radical (unpaired) electrons. The summed E-state index contributed by atoms with van der Waals surface area (Å²) in [5, 5.41) is 11.5. The lowest BCUT2D eigenvalue weighted by Crippen LogP contribution is -2.33. The number of nitrogens with one attached hydrogen (secondary N) is 1. The van der Waals surface area contributed by atoms with Crippen LogP contribution in [0.5, 0.6) is 0 Å². The van der Waals surface area contributed by atoms with Gasteiger partial charge in [0.25, 0.3) is 0 Å². The van der Waals surface area contributed by atoms with Gasteiger partial charge in [-0.1, -0.05) is 0 Å². The Labute approximate surface area is 73.9 Å². The maximum Gasteiger partial charge on any atom is 0.148 e. The minimum Gasteiger partial charge on any atom is -0.396 e. The highest BCUT2D eigenvalue weighted by Crippen LogP contribution is 1.89. The van der Waals surface area contributed by atoms with Gasteiger partial charge in [-0.3, -0.25) is 0 Å². The molecule has 4 nitrogen and oxygen atoms in total. The molecule has 74 valence electrons. The van der Waals surface area contributed by atoms with Gasteiger partial charge in [-0.05, 0) is 19.9 Å². The molecule has 0 aliphatic carbocycles. The molecule has 12 heavy (non-hydrogen) atoms. The first-order chi connectivity index (χ1) is 5.45. The summed E-state index contributed by atoms with van der Waals surface area (Å²) in [6.45, 7) is 2.62. The minimum absolute atomic E-state index is 0.0356. The van der Waals surface area contributed by atoms with Crippen LogP contribution in [0.2, 0.25) is 0 Å². The molecule has 0 aromatic heterocycles. The van der Waals surface area contributed by atoms with Gasteiger partial charge in [-0.25, -0.2) is 8.42 Å². The Morgan fingerprint density at radius 2 is 2.08 bits per heavy atom. The molecule has 0 aliphatic heterocycles. The normalized spacial score (nSPS) is 14.6. The van der Waals surface area contributed by atoms with Gasteiger partial charge in [0, 0.05) is 18.9 Å². The predicted octanol–water partition coefficient (Wildman–Crippen LogP) is -0.608. The van der Waals surface area contributed by atoms with E-state index in [-0.39, 0.29) is 18.4 Å². The minimum atomic E-state index is -2.89. The van der Waals surface area contributed by atoms with Gasteiger partial charge in [0.2, 0.25) is 0 Å². The smallest absolute Gasteiger partial charge is 0.148 e. The number of rotatable bonds is 6. The summed E-state index contributed by atoms with van der Waals surface area (Å²) >= 11 is 0. The number of aliphatic hydroxyl groups is 1. The van der Waals surface area contributed by atoms with E-state index in [1.165, 1.54) is 6.26 Å². The fourth-order valence-electron chi connectivity index (χ4n) is 0.941. The standard InChI is InChI=1S/C7H17NO3S/c1-7(6-12(2,10)11)8-4-3-5-9/h7-9H,3-6H2,1-2H3. The number of hydrogen-bond donors (Lipinski definition) is 2. The van der Waals surface area contributed by atoms with Crippen LogP contribution in [-0.4, -0.2) is 44.7 Å². The molecule has 5 heteroatoms.